The Balaban J connectivity index is 2.88. The van der Waals surface area contributed by atoms with E-state index in [4.69, 9.17) is 0 Å². The highest BCUT2D eigenvalue weighted by Crippen LogP contribution is 2.04. The van der Waals surface area contributed by atoms with E-state index in [9.17, 15) is 4.79 Å². The van der Waals surface area contributed by atoms with Crippen molar-refractivity contribution in [3.05, 3.63) is 23.5 Å². The minimum Gasteiger partial charge on any atom is -0.351 e. The maximum absolute atomic E-state index is 11.3. The molecule has 0 aliphatic rings. The van der Waals surface area contributed by atoms with E-state index in [1.807, 2.05) is 37.6 Å². The van der Waals surface area contributed by atoms with Crippen molar-refractivity contribution >= 4 is 5.91 Å². The standard InChI is InChI=1S/C9H14N2O/c1-4-10-9(12)8-6-5-7(2)11(8)3/h5-6H,4H2,1-3H3,(H,10,12). The van der Waals surface area contributed by atoms with Crippen LogP contribution in [-0.2, 0) is 7.05 Å². The van der Waals surface area contributed by atoms with Gasteiger partial charge in [-0.25, -0.2) is 0 Å². The van der Waals surface area contributed by atoms with Crippen LogP contribution in [0.2, 0.25) is 0 Å². The third-order valence-electron chi connectivity index (χ3n) is 1.94. The first-order valence-electron chi connectivity index (χ1n) is 4.07. The van der Waals surface area contributed by atoms with Gasteiger partial charge >= 0.3 is 0 Å². The van der Waals surface area contributed by atoms with Crippen LogP contribution in [0, 0.1) is 6.92 Å². The van der Waals surface area contributed by atoms with Crippen LogP contribution in [0.25, 0.3) is 0 Å². The van der Waals surface area contributed by atoms with Gasteiger partial charge in [-0.3, -0.25) is 4.79 Å². The number of amides is 1. The van der Waals surface area contributed by atoms with Gasteiger partial charge in [0.2, 0.25) is 0 Å². The summed E-state index contributed by atoms with van der Waals surface area (Å²) in [6.45, 7) is 4.56. The Morgan fingerprint density at radius 2 is 2.25 bits per heavy atom. The summed E-state index contributed by atoms with van der Waals surface area (Å²) >= 11 is 0. The molecule has 1 aromatic heterocycles. The minimum atomic E-state index is -0.00639. The van der Waals surface area contributed by atoms with Crippen molar-refractivity contribution in [3.8, 4) is 0 Å². The Labute approximate surface area is 72.4 Å². The smallest absolute Gasteiger partial charge is 0.267 e. The molecule has 0 aromatic carbocycles. The zero-order chi connectivity index (χ0) is 9.14. The predicted octanol–water partition coefficient (Wildman–Crippen LogP) is 1.08. The first-order valence-corrected chi connectivity index (χ1v) is 4.07. The predicted molar refractivity (Wildman–Crippen MR) is 48.2 cm³/mol. The van der Waals surface area contributed by atoms with Crippen LogP contribution in [0.5, 0.6) is 0 Å². The number of aromatic nitrogens is 1. The molecular formula is C9H14N2O. The number of rotatable bonds is 2. The van der Waals surface area contributed by atoms with E-state index in [0.717, 1.165) is 5.69 Å². The van der Waals surface area contributed by atoms with Crippen LogP contribution in [-0.4, -0.2) is 17.0 Å². The molecule has 0 fully saturated rings. The van der Waals surface area contributed by atoms with E-state index in [0.29, 0.717) is 12.2 Å². The lowest BCUT2D eigenvalue weighted by Crippen LogP contribution is -2.24. The van der Waals surface area contributed by atoms with E-state index < -0.39 is 0 Å². The molecule has 1 aromatic rings. The summed E-state index contributed by atoms with van der Waals surface area (Å²) in [7, 11) is 1.89. The number of nitrogens with one attached hydrogen (secondary N) is 1. The lowest BCUT2D eigenvalue weighted by atomic mass is 10.4. The maximum Gasteiger partial charge on any atom is 0.267 e. The fraction of sp³-hybridized carbons (Fsp3) is 0.444. The molecule has 12 heavy (non-hydrogen) atoms. The van der Waals surface area contributed by atoms with Gasteiger partial charge in [-0.05, 0) is 26.0 Å². The topological polar surface area (TPSA) is 34.0 Å². The second kappa shape index (κ2) is 3.43. The average Bonchev–Trinajstić information content (AvgIpc) is 2.34. The summed E-state index contributed by atoms with van der Waals surface area (Å²) in [6, 6.07) is 3.77. The summed E-state index contributed by atoms with van der Waals surface area (Å²) in [5, 5.41) is 2.76. The van der Waals surface area contributed by atoms with Gasteiger partial charge in [-0.2, -0.15) is 0 Å². The Kier molecular flexibility index (Phi) is 2.53. The van der Waals surface area contributed by atoms with Gasteiger partial charge in [0.25, 0.3) is 5.91 Å². The van der Waals surface area contributed by atoms with E-state index in [1.165, 1.54) is 0 Å². The van der Waals surface area contributed by atoms with Crippen LogP contribution in [0.3, 0.4) is 0 Å². The average molecular weight is 166 g/mol. The van der Waals surface area contributed by atoms with Crippen LogP contribution >= 0.6 is 0 Å². The van der Waals surface area contributed by atoms with E-state index in [1.54, 1.807) is 0 Å². The molecular weight excluding hydrogens is 152 g/mol. The Hall–Kier alpha value is -1.25. The molecule has 66 valence electrons. The summed E-state index contributed by atoms with van der Waals surface area (Å²) in [5.74, 6) is -0.00639. The number of nitrogens with zero attached hydrogens (tertiary/aromatic N) is 1. The molecule has 1 rings (SSSR count). The Bertz CT molecular complexity index is 289. The highest BCUT2D eigenvalue weighted by molar-refractivity contribution is 5.92. The number of hydrogen-bond donors (Lipinski definition) is 1. The molecule has 0 bridgehead atoms. The van der Waals surface area contributed by atoms with Gasteiger partial charge in [-0.15, -0.1) is 0 Å². The first kappa shape index (κ1) is 8.84. The fourth-order valence-corrected chi connectivity index (χ4v) is 1.09. The largest absolute Gasteiger partial charge is 0.351 e. The van der Waals surface area contributed by atoms with Crippen molar-refractivity contribution in [2.45, 2.75) is 13.8 Å². The molecule has 1 N–H and O–H groups in total. The number of carbonyl (C=O) groups is 1. The third kappa shape index (κ3) is 1.49. The molecule has 3 nitrogen and oxygen atoms in total. The van der Waals surface area contributed by atoms with E-state index in [-0.39, 0.29) is 5.91 Å². The summed E-state index contributed by atoms with van der Waals surface area (Å²) in [4.78, 5) is 11.3. The molecule has 1 heterocycles. The zero-order valence-electron chi connectivity index (χ0n) is 7.72. The van der Waals surface area contributed by atoms with Crippen LogP contribution in [0.4, 0.5) is 0 Å². The maximum atomic E-state index is 11.3. The molecule has 0 saturated carbocycles. The summed E-state index contributed by atoms with van der Waals surface area (Å²) < 4.78 is 1.88. The molecule has 1 amide bonds. The van der Waals surface area contributed by atoms with E-state index >= 15 is 0 Å². The van der Waals surface area contributed by atoms with Crippen molar-refractivity contribution in [1.29, 1.82) is 0 Å². The van der Waals surface area contributed by atoms with Gasteiger partial charge in [0.15, 0.2) is 0 Å². The zero-order valence-corrected chi connectivity index (χ0v) is 7.72. The monoisotopic (exact) mass is 166 g/mol. The van der Waals surface area contributed by atoms with Gasteiger partial charge in [0, 0.05) is 19.3 Å². The van der Waals surface area contributed by atoms with E-state index in [2.05, 4.69) is 5.32 Å². The lowest BCUT2D eigenvalue weighted by molar-refractivity contribution is 0.0947. The fourth-order valence-electron chi connectivity index (χ4n) is 1.09. The Morgan fingerprint density at radius 1 is 1.58 bits per heavy atom. The molecule has 0 saturated heterocycles. The number of aryl methyl sites for hydroxylation is 1. The van der Waals surface area contributed by atoms with Crippen LogP contribution < -0.4 is 5.32 Å². The first-order chi connectivity index (χ1) is 5.66. The van der Waals surface area contributed by atoms with Gasteiger partial charge in [-0.1, -0.05) is 0 Å². The highest BCUT2D eigenvalue weighted by atomic mass is 16.1. The molecule has 3 heteroatoms. The molecule has 0 aliphatic heterocycles. The van der Waals surface area contributed by atoms with Crippen molar-refractivity contribution in [3.63, 3.8) is 0 Å². The molecule has 0 radical (unpaired) electrons. The molecule has 0 atom stereocenters. The Morgan fingerprint density at radius 3 is 2.67 bits per heavy atom. The van der Waals surface area contributed by atoms with Crippen molar-refractivity contribution in [2.75, 3.05) is 6.54 Å². The SMILES string of the molecule is CCNC(=O)c1ccc(C)n1C. The molecule has 0 unspecified atom stereocenters. The van der Waals surface area contributed by atoms with Gasteiger partial charge in [0.1, 0.15) is 5.69 Å². The summed E-state index contributed by atoms with van der Waals surface area (Å²) in [6.07, 6.45) is 0. The highest BCUT2D eigenvalue weighted by Gasteiger charge is 2.08. The molecule has 0 aliphatic carbocycles. The molecule has 0 spiro atoms. The van der Waals surface area contributed by atoms with Crippen LogP contribution in [0.15, 0.2) is 12.1 Å². The second-order valence-electron chi connectivity index (χ2n) is 2.78. The van der Waals surface area contributed by atoms with Gasteiger partial charge in [0.05, 0.1) is 0 Å². The van der Waals surface area contributed by atoms with Crippen LogP contribution in [0.1, 0.15) is 23.1 Å². The van der Waals surface area contributed by atoms with Gasteiger partial charge < -0.3 is 9.88 Å². The van der Waals surface area contributed by atoms with Crippen molar-refractivity contribution in [1.82, 2.24) is 9.88 Å². The number of carbonyl (C=O) groups excluding carboxylic acids is 1. The van der Waals surface area contributed by atoms with Crippen molar-refractivity contribution < 1.29 is 4.79 Å². The minimum absolute atomic E-state index is 0.00639. The second-order valence-corrected chi connectivity index (χ2v) is 2.78. The lowest BCUT2D eigenvalue weighted by Gasteiger charge is -2.04. The number of hydrogen-bond acceptors (Lipinski definition) is 1. The quantitative estimate of drug-likeness (QED) is 0.701. The normalized spacial score (nSPS) is 9.92. The van der Waals surface area contributed by atoms with Crippen molar-refractivity contribution in [2.24, 2.45) is 7.05 Å². The third-order valence-corrected chi connectivity index (χ3v) is 1.94. The summed E-state index contributed by atoms with van der Waals surface area (Å²) in [5.41, 5.74) is 1.81.